The lowest BCUT2D eigenvalue weighted by Crippen LogP contribution is -2.44. The first-order valence-corrected chi connectivity index (χ1v) is 8.81. The first-order chi connectivity index (χ1) is 12.1. The van der Waals surface area contributed by atoms with Crippen LogP contribution in [0.25, 0.3) is 0 Å². The van der Waals surface area contributed by atoms with Crippen LogP contribution in [0.2, 0.25) is 0 Å². The van der Waals surface area contributed by atoms with Crippen LogP contribution in [0, 0.1) is 6.92 Å². The molecule has 0 aromatic heterocycles. The van der Waals surface area contributed by atoms with Gasteiger partial charge in [0.15, 0.2) is 0 Å². The first kappa shape index (κ1) is 17.6. The van der Waals surface area contributed by atoms with Crippen molar-refractivity contribution in [3.8, 4) is 0 Å². The summed E-state index contributed by atoms with van der Waals surface area (Å²) in [7, 11) is 1.85. The van der Waals surface area contributed by atoms with Crippen molar-refractivity contribution in [1.82, 2.24) is 9.80 Å². The summed E-state index contributed by atoms with van der Waals surface area (Å²) in [6.45, 7) is 3.84. The summed E-state index contributed by atoms with van der Waals surface area (Å²) in [5, 5.41) is 9.86. The number of carbonyl (C=O) groups excluding carboxylic acids is 1. The molecule has 1 N–H and O–H groups in total. The Labute approximate surface area is 149 Å². The minimum atomic E-state index is -0.0965. The van der Waals surface area contributed by atoms with E-state index in [0.717, 1.165) is 18.5 Å². The van der Waals surface area contributed by atoms with Crippen LogP contribution in [0.4, 0.5) is 0 Å². The summed E-state index contributed by atoms with van der Waals surface area (Å²) in [5.41, 5.74) is 4.78. The summed E-state index contributed by atoms with van der Waals surface area (Å²) < 4.78 is 0. The predicted molar refractivity (Wildman–Crippen MR) is 99.2 cm³/mol. The van der Waals surface area contributed by atoms with Crippen LogP contribution in [0.1, 0.15) is 28.3 Å². The molecule has 2 aromatic carbocycles. The van der Waals surface area contributed by atoms with E-state index in [1.807, 2.05) is 31.3 Å². The molecular weight excluding hydrogens is 312 g/mol. The summed E-state index contributed by atoms with van der Waals surface area (Å²) in [6.07, 6.45) is 0.918. The quantitative estimate of drug-likeness (QED) is 0.911. The van der Waals surface area contributed by atoms with Gasteiger partial charge in [-0.25, -0.2) is 0 Å². The van der Waals surface area contributed by atoms with Crippen molar-refractivity contribution in [3.05, 3.63) is 70.8 Å². The number of likely N-dealkylation sites (N-methyl/N-ethyl adjacent to an activating group) is 1. The molecule has 2 aromatic rings. The van der Waals surface area contributed by atoms with E-state index in [-0.39, 0.29) is 18.6 Å². The zero-order valence-corrected chi connectivity index (χ0v) is 15.0. The van der Waals surface area contributed by atoms with Crippen molar-refractivity contribution in [1.29, 1.82) is 0 Å². The molecule has 1 heterocycles. The Kier molecular flexibility index (Phi) is 5.51. The lowest BCUT2D eigenvalue weighted by Gasteiger charge is -2.36. The molecule has 4 heteroatoms. The van der Waals surface area contributed by atoms with Gasteiger partial charge in [0.05, 0.1) is 19.2 Å². The molecule has 4 nitrogen and oxygen atoms in total. The SMILES string of the molecule is Cc1ccccc1CN(C)C(=O)CN1CCc2ccccc2C1CO. The van der Waals surface area contributed by atoms with Gasteiger partial charge in [-0.1, -0.05) is 48.5 Å². The number of fused-ring (bicyclic) bond motifs is 1. The molecule has 0 saturated carbocycles. The Morgan fingerprint density at radius 3 is 2.68 bits per heavy atom. The summed E-state index contributed by atoms with van der Waals surface area (Å²) in [6, 6.07) is 16.2. The second-order valence-electron chi connectivity index (χ2n) is 6.79. The molecule has 0 aliphatic carbocycles. The molecule has 1 amide bonds. The lowest BCUT2D eigenvalue weighted by atomic mass is 9.93. The highest BCUT2D eigenvalue weighted by molar-refractivity contribution is 5.78. The fourth-order valence-corrected chi connectivity index (χ4v) is 3.53. The highest BCUT2D eigenvalue weighted by atomic mass is 16.3. The van der Waals surface area contributed by atoms with Gasteiger partial charge in [-0.15, -0.1) is 0 Å². The zero-order valence-electron chi connectivity index (χ0n) is 15.0. The molecule has 0 saturated heterocycles. The number of aliphatic hydroxyl groups is 1. The van der Waals surface area contributed by atoms with Crippen molar-refractivity contribution in [2.24, 2.45) is 0 Å². The van der Waals surface area contributed by atoms with E-state index < -0.39 is 0 Å². The molecule has 1 aliphatic heterocycles. The van der Waals surface area contributed by atoms with Crippen molar-refractivity contribution < 1.29 is 9.90 Å². The molecule has 0 fully saturated rings. The van der Waals surface area contributed by atoms with Crippen LogP contribution >= 0.6 is 0 Å². The third-order valence-electron chi connectivity index (χ3n) is 5.13. The van der Waals surface area contributed by atoms with E-state index in [2.05, 4.69) is 36.1 Å². The van der Waals surface area contributed by atoms with Gasteiger partial charge in [0.1, 0.15) is 0 Å². The topological polar surface area (TPSA) is 43.8 Å². The van der Waals surface area contributed by atoms with E-state index in [4.69, 9.17) is 0 Å². The molecule has 3 rings (SSSR count). The lowest BCUT2D eigenvalue weighted by molar-refractivity contribution is -0.132. The average Bonchev–Trinajstić information content (AvgIpc) is 2.63. The Bertz CT molecular complexity index is 744. The van der Waals surface area contributed by atoms with Crippen molar-refractivity contribution in [3.63, 3.8) is 0 Å². The van der Waals surface area contributed by atoms with Gasteiger partial charge in [0, 0.05) is 20.1 Å². The van der Waals surface area contributed by atoms with Crippen molar-refractivity contribution >= 4 is 5.91 Å². The molecule has 25 heavy (non-hydrogen) atoms. The summed E-state index contributed by atoms with van der Waals surface area (Å²) in [4.78, 5) is 16.6. The minimum Gasteiger partial charge on any atom is -0.394 e. The third kappa shape index (κ3) is 3.91. The van der Waals surface area contributed by atoms with Gasteiger partial charge < -0.3 is 10.0 Å². The molecule has 1 aliphatic rings. The Morgan fingerprint density at radius 1 is 1.20 bits per heavy atom. The largest absolute Gasteiger partial charge is 0.394 e. The van der Waals surface area contributed by atoms with Gasteiger partial charge in [0.25, 0.3) is 0 Å². The maximum atomic E-state index is 12.7. The molecule has 1 unspecified atom stereocenters. The van der Waals surface area contributed by atoms with Crippen LogP contribution in [0.15, 0.2) is 48.5 Å². The Morgan fingerprint density at radius 2 is 1.92 bits per heavy atom. The number of carbonyl (C=O) groups is 1. The fraction of sp³-hybridized carbons (Fsp3) is 0.381. The predicted octanol–water partition coefficient (Wildman–Crippen LogP) is 2.55. The van der Waals surface area contributed by atoms with Crippen LogP contribution in [-0.2, 0) is 17.8 Å². The third-order valence-corrected chi connectivity index (χ3v) is 5.13. The molecule has 0 spiro atoms. The van der Waals surface area contributed by atoms with Gasteiger partial charge in [-0.05, 0) is 35.6 Å². The van der Waals surface area contributed by atoms with Crippen LogP contribution in [0.5, 0.6) is 0 Å². The number of nitrogens with zero attached hydrogens (tertiary/aromatic N) is 2. The number of rotatable bonds is 5. The molecular formula is C21H26N2O2. The minimum absolute atomic E-state index is 0.0335. The number of amides is 1. The van der Waals surface area contributed by atoms with Crippen LogP contribution < -0.4 is 0 Å². The molecule has 0 radical (unpaired) electrons. The number of hydrogen-bond donors (Lipinski definition) is 1. The normalized spacial score (nSPS) is 17.2. The summed E-state index contributed by atoms with van der Waals surface area (Å²) >= 11 is 0. The highest BCUT2D eigenvalue weighted by Gasteiger charge is 2.28. The van der Waals surface area contributed by atoms with Gasteiger partial charge >= 0.3 is 0 Å². The van der Waals surface area contributed by atoms with Crippen molar-refractivity contribution in [2.75, 3.05) is 26.7 Å². The number of benzene rings is 2. The number of aliphatic hydroxyl groups excluding tert-OH is 1. The van der Waals surface area contributed by atoms with E-state index >= 15 is 0 Å². The van der Waals surface area contributed by atoms with Gasteiger partial charge in [0.2, 0.25) is 5.91 Å². The monoisotopic (exact) mass is 338 g/mol. The second kappa shape index (κ2) is 7.81. The molecule has 132 valence electrons. The van der Waals surface area contributed by atoms with Crippen LogP contribution in [-0.4, -0.2) is 47.6 Å². The van der Waals surface area contributed by atoms with Gasteiger partial charge in [-0.3, -0.25) is 9.69 Å². The molecule has 0 bridgehead atoms. The second-order valence-corrected chi connectivity index (χ2v) is 6.79. The maximum Gasteiger partial charge on any atom is 0.236 e. The van der Waals surface area contributed by atoms with Gasteiger partial charge in [-0.2, -0.15) is 0 Å². The highest BCUT2D eigenvalue weighted by Crippen LogP contribution is 2.29. The zero-order chi connectivity index (χ0) is 17.8. The number of hydrogen-bond acceptors (Lipinski definition) is 3. The van der Waals surface area contributed by atoms with Crippen LogP contribution in [0.3, 0.4) is 0 Å². The standard InChI is InChI=1S/C21H26N2O2/c1-16-7-3-4-9-18(16)13-22(2)21(25)14-23-12-11-17-8-5-6-10-19(17)20(23)15-24/h3-10,20,24H,11-15H2,1-2H3. The smallest absolute Gasteiger partial charge is 0.236 e. The maximum absolute atomic E-state index is 12.7. The first-order valence-electron chi connectivity index (χ1n) is 8.81. The van der Waals surface area contributed by atoms with E-state index in [9.17, 15) is 9.90 Å². The average molecular weight is 338 g/mol. The Balaban J connectivity index is 1.67. The fourth-order valence-electron chi connectivity index (χ4n) is 3.53. The van der Waals surface area contributed by atoms with E-state index in [1.165, 1.54) is 16.7 Å². The Hall–Kier alpha value is -2.17. The summed E-state index contributed by atoms with van der Waals surface area (Å²) in [5.74, 6) is 0.0843. The molecule has 1 atom stereocenters. The van der Waals surface area contributed by atoms with E-state index in [0.29, 0.717) is 13.1 Å². The van der Waals surface area contributed by atoms with Crippen molar-refractivity contribution in [2.45, 2.75) is 25.9 Å². The van der Waals surface area contributed by atoms with E-state index in [1.54, 1.807) is 4.90 Å². The number of aryl methyl sites for hydroxylation is 1.